The molecule has 0 fully saturated rings. The number of hydrogen-bond acceptors (Lipinski definition) is 0. The Morgan fingerprint density at radius 1 is 1.27 bits per heavy atom. The fourth-order valence-corrected chi connectivity index (χ4v) is 1.97. The number of rotatable bonds is 2. The summed E-state index contributed by atoms with van der Waals surface area (Å²) in [6.07, 6.45) is 0. The van der Waals surface area contributed by atoms with E-state index >= 15 is 0 Å². The summed E-state index contributed by atoms with van der Waals surface area (Å²) in [6, 6.07) is 10.5. The summed E-state index contributed by atoms with van der Waals surface area (Å²) >= 11 is 0.468. The van der Waals surface area contributed by atoms with Gasteiger partial charge in [0, 0.05) is 0 Å². The van der Waals surface area contributed by atoms with E-state index in [1.807, 2.05) is 13.0 Å². The van der Waals surface area contributed by atoms with Crippen LogP contribution in [-0.2, 0) is 5.32 Å². The van der Waals surface area contributed by atoms with Crippen LogP contribution in [-0.4, -0.2) is 15.0 Å². The van der Waals surface area contributed by atoms with E-state index in [0.717, 1.165) is 5.32 Å². The molecular formula is C10H10Se. The first kappa shape index (κ1) is 8.40. The predicted molar refractivity (Wildman–Crippen MR) is 49.4 cm³/mol. The van der Waals surface area contributed by atoms with Crippen LogP contribution in [0.4, 0.5) is 0 Å². The molecule has 1 rings (SSSR count). The van der Waals surface area contributed by atoms with E-state index < -0.39 is 0 Å². The summed E-state index contributed by atoms with van der Waals surface area (Å²) in [6.45, 7) is 1.90. The van der Waals surface area contributed by atoms with Crippen LogP contribution in [0.3, 0.4) is 0 Å². The molecule has 0 spiro atoms. The topological polar surface area (TPSA) is 0 Å². The molecule has 0 amide bonds. The first-order valence-corrected chi connectivity index (χ1v) is 5.57. The molecule has 1 heteroatoms. The normalized spacial score (nSPS) is 8.45. The fraction of sp³-hybridized carbons (Fsp3) is 0.200. The zero-order valence-electron chi connectivity index (χ0n) is 6.50. The van der Waals surface area contributed by atoms with Gasteiger partial charge in [-0.3, -0.25) is 0 Å². The van der Waals surface area contributed by atoms with Crippen LogP contribution in [0.25, 0.3) is 0 Å². The van der Waals surface area contributed by atoms with Gasteiger partial charge in [-0.05, 0) is 0 Å². The zero-order valence-corrected chi connectivity index (χ0v) is 8.22. The predicted octanol–water partition coefficient (Wildman–Crippen LogP) is 1.87. The van der Waals surface area contributed by atoms with Gasteiger partial charge in [0.25, 0.3) is 0 Å². The molecule has 0 radical (unpaired) electrons. The third-order valence-corrected chi connectivity index (χ3v) is 2.99. The molecule has 1 aromatic rings. The molecular weight excluding hydrogens is 199 g/mol. The summed E-state index contributed by atoms with van der Waals surface area (Å²) in [5, 5.41) is 1.13. The summed E-state index contributed by atoms with van der Waals surface area (Å²) in [7, 11) is 0. The van der Waals surface area contributed by atoms with E-state index in [9.17, 15) is 0 Å². The zero-order chi connectivity index (χ0) is 7.94. The van der Waals surface area contributed by atoms with Gasteiger partial charge in [0.2, 0.25) is 0 Å². The van der Waals surface area contributed by atoms with Crippen LogP contribution < -0.4 is 0 Å². The quantitative estimate of drug-likeness (QED) is 0.515. The van der Waals surface area contributed by atoms with Crippen molar-refractivity contribution in [2.45, 2.75) is 12.2 Å². The van der Waals surface area contributed by atoms with Crippen molar-refractivity contribution in [3.8, 4) is 10.7 Å². The Balaban J connectivity index is 2.43. The molecule has 0 aliphatic carbocycles. The average Bonchev–Trinajstić information content (AvgIpc) is 2.07. The molecule has 56 valence electrons. The maximum atomic E-state index is 3.11. The van der Waals surface area contributed by atoms with Crippen molar-refractivity contribution in [3.63, 3.8) is 0 Å². The van der Waals surface area contributed by atoms with E-state index in [1.54, 1.807) is 0 Å². The molecule has 0 aliphatic heterocycles. The second-order valence-corrected chi connectivity index (χ2v) is 3.77. The van der Waals surface area contributed by atoms with Crippen molar-refractivity contribution < 1.29 is 0 Å². The van der Waals surface area contributed by atoms with Crippen molar-refractivity contribution in [2.75, 3.05) is 0 Å². The van der Waals surface area contributed by atoms with Crippen LogP contribution in [0.1, 0.15) is 12.5 Å². The SMILES string of the molecule is CC#C[Se]Cc1ccccc1. The molecule has 0 unspecified atom stereocenters. The van der Waals surface area contributed by atoms with Crippen LogP contribution in [0.15, 0.2) is 30.3 Å². The van der Waals surface area contributed by atoms with Gasteiger partial charge in [-0.2, -0.15) is 0 Å². The summed E-state index contributed by atoms with van der Waals surface area (Å²) in [4.78, 5) is 3.11. The van der Waals surface area contributed by atoms with Crippen molar-refractivity contribution in [3.05, 3.63) is 35.9 Å². The first-order valence-electron chi connectivity index (χ1n) is 3.51. The molecule has 0 saturated heterocycles. The van der Waals surface area contributed by atoms with Crippen molar-refractivity contribution >= 4 is 15.0 Å². The van der Waals surface area contributed by atoms with E-state index in [2.05, 4.69) is 35.0 Å². The van der Waals surface area contributed by atoms with Crippen LogP contribution in [0.2, 0.25) is 0 Å². The minimum absolute atomic E-state index is 0.468. The van der Waals surface area contributed by atoms with Gasteiger partial charge in [0.1, 0.15) is 0 Å². The summed E-state index contributed by atoms with van der Waals surface area (Å²) < 4.78 is 0. The Bertz CT molecular complexity index is 253. The molecule has 11 heavy (non-hydrogen) atoms. The van der Waals surface area contributed by atoms with E-state index in [0.29, 0.717) is 15.0 Å². The van der Waals surface area contributed by atoms with Crippen molar-refractivity contribution in [1.29, 1.82) is 0 Å². The molecule has 0 atom stereocenters. The third-order valence-electron chi connectivity index (χ3n) is 1.26. The Kier molecular flexibility index (Phi) is 3.83. The third kappa shape index (κ3) is 3.28. The number of hydrogen-bond donors (Lipinski definition) is 0. The van der Waals surface area contributed by atoms with Crippen LogP contribution in [0, 0.1) is 10.7 Å². The van der Waals surface area contributed by atoms with E-state index in [4.69, 9.17) is 0 Å². The Labute approximate surface area is 74.2 Å². The van der Waals surface area contributed by atoms with Gasteiger partial charge in [-0.1, -0.05) is 0 Å². The van der Waals surface area contributed by atoms with Gasteiger partial charge in [-0.25, -0.2) is 0 Å². The Morgan fingerprint density at radius 3 is 2.64 bits per heavy atom. The molecule has 1 aromatic carbocycles. The number of benzene rings is 1. The summed E-state index contributed by atoms with van der Waals surface area (Å²) in [5.41, 5.74) is 1.40. The second-order valence-electron chi connectivity index (χ2n) is 2.13. The molecule has 0 saturated carbocycles. The summed E-state index contributed by atoms with van der Waals surface area (Å²) in [5.74, 6) is 2.92. The maximum absolute atomic E-state index is 3.11. The molecule has 0 nitrogen and oxygen atoms in total. The standard InChI is InChI=1S/C10H10Se/c1-2-8-11-9-10-6-4-3-5-7-10/h3-7H,9H2,1H3. The fourth-order valence-electron chi connectivity index (χ4n) is 0.766. The monoisotopic (exact) mass is 210 g/mol. The Hall–Kier alpha value is -0.701. The molecule has 0 bridgehead atoms. The first-order chi connectivity index (χ1) is 5.43. The van der Waals surface area contributed by atoms with Gasteiger partial charge < -0.3 is 0 Å². The van der Waals surface area contributed by atoms with Crippen LogP contribution in [0.5, 0.6) is 0 Å². The van der Waals surface area contributed by atoms with Crippen molar-refractivity contribution in [2.24, 2.45) is 0 Å². The van der Waals surface area contributed by atoms with E-state index in [-0.39, 0.29) is 0 Å². The molecule has 0 heterocycles. The molecule has 0 N–H and O–H groups in total. The Morgan fingerprint density at radius 2 is 2.00 bits per heavy atom. The van der Waals surface area contributed by atoms with E-state index in [1.165, 1.54) is 5.56 Å². The molecule has 0 aliphatic rings. The van der Waals surface area contributed by atoms with Gasteiger partial charge >= 0.3 is 73.8 Å². The van der Waals surface area contributed by atoms with Gasteiger partial charge in [0.15, 0.2) is 0 Å². The second kappa shape index (κ2) is 5.02. The van der Waals surface area contributed by atoms with Gasteiger partial charge in [-0.15, -0.1) is 0 Å². The van der Waals surface area contributed by atoms with Crippen molar-refractivity contribution in [1.82, 2.24) is 0 Å². The van der Waals surface area contributed by atoms with Gasteiger partial charge in [0.05, 0.1) is 0 Å². The molecule has 0 aromatic heterocycles. The minimum atomic E-state index is 0.468. The average molecular weight is 209 g/mol. The van der Waals surface area contributed by atoms with Crippen LogP contribution >= 0.6 is 0 Å².